The molecule has 0 saturated carbocycles. The number of nitrogens with one attached hydrogen (secondary N) is 2. The van der Waals surface area contributed by atoms with Crippen LogP contribution < -0.4 is 26.2 Å². The van der Waals surface area contributed by atoms with E-state index >= 15 is 0 Å². The van der Waals surface area contributed by atoms with Gasteiger partial charge in [-0.3, -0.25) is 9.59 Å². The van der Waals surface area contributed by atoms with E-state index in [1.54, 1.807) is 48.5 Å². The molecule has 0 aliphatic carbocycles. The summed E-state index contributed by atoms with van der Waals surface area (Å²) in [5.41, 5.74) is 2.32. The van der Waals surface area contributed by atoms with Gasteiger partial charge in [-0.15, -0.1) is 0 Å². The number of ether oxygens (including phenoxy) is 1. The Hall–Kier alpha value is -3.81. The number of hydrogen-bond donors (Lipinski definition) is 3. The van der Waals surface area contributed by atoms with Gasteiger partial charge in [0.1, 0.15) is 17.1 Å². The molecule has 4 aromatic carbocycles. The first-order valence-electron chi connectivity index (χ1n) is 17.7. The van der Waals surface area contributed by atoms with E-state index in [0.29, 0.717) is 50.3 Å². The van der Waals surface area contributed by atoms with Crippen LogP contribution in [0.1, 0.15) is 96.8 Å². The Morgan fingerprint density at radius 2 is 1.14 bits per heavy atom. The van der Waals surface area contributed by atoms with E-state index in [9.17, 15) is 19.5 Å². The predicted molar refractivity (Wildman–Crippen MR) is 204 cm³/mol. The summed E-state index contributed by atoms with van der Waals surface area (Å²) < 4.78 is 5.86. The van der Waals surface area contributed by atoms with Gasteiger partial charge >= 0.3 is 5.97 Å². The third kappa shape index (κ3) is 11.6. The second-order valence-electron chi connectivity index (χ2n) is 12.7. The standard InChI is InChI=1S/C40H48Cl2N2O5/c1-2-3-4-5-6-7-8-9-10-11-12-13-14-15-22-43-36-37(39(48)38(36)47)44-32-25-33(28-18-16-20-30(41)23-28)40(49-27-35(45)46)34(26-32)29-19-17-21-31(42)24-29/h16-21,23-26,43-44H,2-15,22,27H2,1H3,(H,45,46). The van der Waals surface area contributed by atoms with E-state index in [-0.39, 0.29) is 11.4 Å². The lowest BCUT2D eigenvalue weighted by atomic mass is 9.96. The zero-order valence-electron chi connectivity index (χ0n) is 28.4. The van der Waals surface area contributed by atoms with Crippen molar-refractivity contribution in [2.75, 3.05) is 23.8 Å². The molecule has 0 spiro atoms. The quantitative estimate of drug-likeness (QED) is 0.0521. The van der Waals surface area contributed by atoms with Crippen LogP contribution in [-0.4, -0.2) is 24.2 Å². The lowest BCUT2D eigenvalue weighted by molar-refractivity contribution is -0.139. The van der Waals surface area contributed by atoms with Crippen LogP contribution in [-0.2, 0) is 4.79 Å². The molecular weight excluding hydrogens is 659 g/mol. The van der Waals surface area contributed by atoms with Crippen LogP contribution in [0, 0.1) is 0 Å². The summed E-state index contributed by atoms with van der Waals surface area (Å²) in [7, 11) is 0. The van der Waals surface area contributed by atoms with Gasteiger partial charge in [-0.05, 0) is 53.9 Å². The van der Waals surface area contributed by atoms with Crippen molar-refractivity contribution in [2.45, 2.75) is 96.8 Å². The normalized spacial score (nSPS) is 11.2. The highest BCUT2D eigenvalue weighted by molar-refractivity contribution is 6.31. The molecule has 0 aromatic heterocycles. The first-order chi connectivity index (χ1) is 23.8. The highest BCUT2D eigenvalue weighted by Gasteiger charge is 2.23. The second-order valence-corrected chi connectivity index (χ2v) is 13.5. The van der Waals surface area contributed by atoms with Crippen molar-refractivity contribution < 1.29 is 14.6 Å². The molecule has 0 fully saturated rings. The molecule has 7 nitrogen and oxygen atoms in total. The third-order valence-electron chi connectivity index (χ3n) is 8.71. The van der Waals surface area contributed by atoms with Gasteiger partial charge in [0.15, 0.2) is 6.61 Å². The van der Waals surface area contributed by atoms with Crippen molar-refractivity contribution in [3.05, 3.63) is 91.2 Å². The summed E-state index contributed by atoms with van der Waals surface area (Å²) in [6.07, 6.45) is 17.8. The third-order valence-corrected chi connectivity index (χ3v) is 9.18. The zero-order chi connectivity index (χ0) is 35.0. The fraction of sp³-hybridized carbons (Fsp3) is 0.425. The van der Waals surface area contributed by atoms with Gasteiger partial charge in [0.05, 0.1) is 0 Å². The van der Waals surface area contributed by atoms with E-state index in [0.717, 1.165) is 19.3 Å². The van der Waals surface area contributed by atoms with E-state index < -0.39 is 23.4 Å². The van der Waals surface area contributed by atoms with Gasteiger partial charge in [-0.2, -0.15) is 0 Å². The zero-order valence-corrected chi connectivity index (χ0v) is 29.9. The maximum absolute atomic E-state index is 12.7. The van der Waals surface area contributed by atoms with Gasteiger partial charge in [-0.1, -0.05) is 138 Å². The van der Waals surface area contributed by atoms with Crippen LogP contribution in [0.5, 0.6) is 5.75 Å². The summed E-state index contributed by atoms with van der Waals surface area (Å²) >= 11 is 12.7. The monoisotopic (exact) mass is 706 g/mol. The Morgan fingerprint density at radius 3 is 1.61 bits per heavy atom. The van der Waals surface area contributed by atoms with Crippen molar-refractivity contribution in [2.24, 2.45) is 0 Å². The molecule has 0 aliphatic rings. The van der Waals surface area contributed by atoms with Gasteiger partial charge < -0.3 is 20.5 Å². The topological polar surface area (TPSA) is 105 Å². The predicted octanol–water partition coefficient (Wildman–Crippen LogP) is 11.0. The fourth-order valence-corrected chi connectivity index (χ4v) is 6.47. The maximum Gasteiger partial charge on any atom is 0.341 e. The summed E-state index contributed by atoms with van der Waals surface area (Å²) in [4.78, 5) is 36.9. The van der Waals surface area contributed by atoms with E-state index in [4.69, 9.17) is 27.9 Å². The van der Waals surface area contributed by atoms with Gasteiger partial charge in [0.2, 0.25) is 0 Å². The molecular formula is C40H48Cl2N2O5. The molecule has 3 N–H and O–H groups in total. The smallest absolute Gasteiger partial charge is 0.341 e. The van der Waals surface area contributed by atoms with Crippen LogP contribution in [0.25, 0.3) is 22.3 Å². The van der Waals surface area contributed by atoms with Crippen LogP contribution in [0.15, 0.2) is 70.3 Å². The van der Waals surface area contributed by atoms with E-state index in [1.807, 2.05) is 12.1 Å². The number of anilines is 3. The number of hydrogen-bond acceptors (Lipinski definition) is 6. The van der Waals surface area contributed by atoms with Crippen LogP contribution in [0.4, 0.5) is 17.1 Å². The lowest BCUT2D eigenvalue weighted by Crippen LogP contribution is -2.36. The molecule has 0 bridgehead atoms. The second kappa shape index (κ2) is 20.0. The number of aliphatic carboxylic acids is 1. The molecule has 0 radical (unpaired) electrons. The number of unbranched alkanes of at least 4 members (excludes halogenated alkanes) is 13. The Balaban J connectivity index is 1.40. The van der Waals surface area contributed by atoms with Gasteiger partial charge in [0.25, 0.3) is 10.9 Å². The van der Waals surface area contributed by atoms with Crippen LogP contribution in [0.2, 0.25) is 10.0 Å². The Morgan fingerprint density at radius 1 is 0.673 bits per heavy atom. The number of carbonyl (C=O) groups is 1. The number of carboxylic acids is 1. The SMILES string of the molecule is CCCCCCCCCCCCCCCCNc1c(Nc2cc(-c3cccc(Cl)c3)c(OCC(=O)O)c(-c3cccc(Cl)c3)c2)c(=O)c1=O. The summed E-state index contributed by atoms with van der Waals surface area (Å²) in [5, 5.41) is 16.7. The minimum atomic E-state index is -1.13. The maximum atomic E-state index is 12.7. The highest BCUT2D eigenvalue weighted by Crippen LogP contribution is 2.43. The molecule has 0 saturated heterocycles. The summed E-state index contributed by atoms with van der Waals surface area (Å²) in [6, 6.07) is 17.7. The van der Waals surface area contributed by atoms with E-state index in [2.05, 4.69) is 17.6 Å². The molecule has 49 heavy (non-hydrogen) atoms. The number of carboxylic acid groups (broad SMARTS) is 1. The van der Waals surface area contributed by atoms with Gasteiger partial charge in [0, 0.05) is 33.4 Å². The van der Waals surface area contributed by atoms with Crippen LogP contribution >= 0.6 is 23.2 Å². The van der Waals surface area contributed by atoms with Gasteiger partial charge in [-0.25, -0.2) is 4.79 Å². The van der Waals surface area contributed by atoms with E-state index in [1.165, 1.54) is 70.6 Å². The molecule has 0 aliphatic heterocycles. The molecule has 0 atom stereocenters. The summed E-state index contributed by atoms with van der Waals surface area (Å²) in [6.45, 7) is 2.28. The minimum absolute atomic E-state index is 0.198. The van der Waals surface area contributed by atoms with Crippen molar-refractivity contribution >= 4 is 46.2 Å². The number of rotatable bonds is 23. The fourth-order valence-electron chi connectivity index (χ4n) is 6.09. The Bertz CT molecular complexity index is 1660. The molecule has 0 heterocycles. The molecule has 4 rings (SSSR count). The number of benzene rings is 3. The average Bonchev–Trinajstić information content (AvgIpc) is 3.09. The lowest BCUT2D eigenvalue weighted by Gasteiger charge is -2.20. The largest absolute Gasteiger partial charge is 0.481 e. The molecule has 0 unspecified atom stereocenters. The molecule has 9 heteroatoms. The van der Waals surface area contributed by atoms with Crippen LogP contribution in [0.3, 0.4) is 0 Å². The molecule has 4 aromatic rings. The Labute approximate surface area is 299 Å². The first kappa shape index (κ1) is 38.0. The first-order valence-corrected chi connectivity index (χ1v) is 18.4. The number of halogens is 2. The summed E-state index contributed by atoms with van der Waals surface area (Å²) in [5.74, 6) is -0.812. The minimum Gasteiger partial charge on any atom is -0.481 e. The molecule has 0 amide bonds. The molecule has 262 valence electrons. The average molecular weight is 708 g/mol. The van der Waals surface area contributed by atoms with Crippen molar-refractivity contribution in [3.8, 4) is 28.0 Å². The van der Waals surface area contributed by atoms with Crippen molar-refractivity contribution in [3.63, 3.8) is 0 Å². The van der Waals surface area contributed by atoms with Crippen molar-refractivity contribution in [1.82, 2.24) is 0 Å². The highest BCUT2D eigenvalue weighted by atomic mass is 35.5. The van der Waals surface area contributed by atoms with Crippen molar-refractivity contribution in [1.29, 1.82) is 0 Å². The Kier molecular flexibility index (Phi) is 15.5.